The first-order valence-electron chi connectivity index (χ1n) is 7.22. The molecule has 0 aliphatic carbocycles. The predicted molar refractivity (Wildman–Crippen MR) is 81.3 cm³/mol. The Kier molecular flexibility index (Phi) is 4.61. The van der Waals surface area contributed by atoms with Crippen LogP contribution in [0.2, 0.25) is 0 Å². The van der Waals surface area contributed by atoms with Crippen molar-refractivity contribution in [3.05, 3.63) is 41.5 Å². The van der Waals surface area contributed by atoms with Gasteiger partial charge in [0.25, 0.3) is 0 Å². The van der Waals surface area contributed by atoms with E-state index in [9.17, 15) is 9.90 Å². The second kappa shape index (κ2) is 6.23. The third kappa shape index (κ3) is 4.20. The van der Waals surface area contributed by atoms with E-state index in [-0.39, 0.29) is 5.91 Å². The first kappa shape index (κ1) is 14.8. The molecule has 1 aliphatic heterocycles. The molecule has 2 rings (SSSR count). The summed E-state index contributed by atoms with van der Waals surface area (Å²) in [5.74, 6) is 0.0317. The van der Waals surface area contributed by atoms with Crippen LogP contribution in [0.4, 0.5) is 0 Å². The molecule has 108 valence electrons. The molecule has 0 aromatic heterocycles. The largest absolute Gasteiger partial charge is 0.390 e. The zero-order valence-electron chi connectivity index (χ0n) is 12.3. The summed E-state index contributed by atoms with van der Waals surface area (Å²) in [5.41, 5.74) is 1.60. The molecule has 1 atom stereocenters. The van der Waals surface area contributed by atoms with Crippen LogP contribution in [-0.4, -0.2) is 34.6 Å². The topological polar surface area (TPSA) is 40.5 Å². The molecular weight excluding hydrogens is 250 g/mol. The van der Waals surface area contributed by atoms with Crippen molar-refractivity contribution < 1.29 is 9.90 Å². The maximum atomic E-state index is 12.2. The Labute approximate surface area is 120 Å². The van der Waals surface area contributed by atoms with Gasteiger partial charge in [0.2, 0.25) is 5.91 Å². The van der Waals surface area contributed by atoms with E-state index >= 15 is 0 Å². The molecule has 1 unspecified atom stereocenters. The number of rotatable bonds is 2. The number of aliphatic hydroxyl groups is 1. The highest BCUT2D eigenvalue weighted by atomic mass is 16.3. The van der Waals surface area contributed by atoms with E-state index in [1.807, 2.05) is 43.0 Å². The smallest absolute Gasteiger partial charge is 0.246 e. The third-order valence-corrected chi connectivity index (χ3v) is 3.84. The lowest BCUT2D eigenvalue weighted by Gasteiger charge is -2.21. The molecule has 3 heteroatoms. The number of aryl methyl sites for hydroxylation is 1. The molecule has 1 N–H and O–H groups in total. The van der Waals surface area contributed by atoms with E-state index in [2.05, 4.69) is 6.07 Å². The Hall–Kier alpha value is -1.61. The van der Waals surface area contributed by atoms with Crippen LogP contribution in [0.15, 0.2) is 30.3 Å². The number of hydrogen-bond acceptors (Lipinski definition) is 2. The van der Waals surface area contributed by atoms with E-state index in [1.165, 1.54) is 5.56 Å². The minimum absolute atomic E-state index is 0.0317. The molecule has 1 fully saturated rings. The Morgan fingerprint density at radius 3 is 2.90 bits per heavy atom. The molecule has 3 nitrogen and oxygen atoms in total. The average Bonchev–Trinajstić information content (AvgIpc) is 2.57. The molecule has 1 saturated heterocycles. The van der Waals surface area contributed by atoms with Crippen molar-refractivity contribution in [2.24, 2.45) is 0 Å². The summed E-state index contributed by atoms with van der Waals surface area (Å²) < 4.78 is 0. The third-order valence-electron chi connectivity index (χ3n) is 3.84. The van der Waals surface area contributed by atoms with Crippen LogP contribution in [-0.2, 0) is 4.79 Å². The second-order valence-corrected chi connectivity index (χ2v) is 5.92. The number of benzene rings is 1. The van der Waals surface area contributed by atoms with Gasteiger partial charge in [0, 0.05) is 19.2 Å². The summed E-state index contributed by atoms with van der Waals surface area (Å²) in [7, 11) is 0. The standard InChI is InChI=1S/C17H23NO2/c1-14-5-3-6-15(13-14)7-8-16(19)18-11-4-9-17(2,20)10-12-18/h3,5-8,13,20H,4,9-12H2,1-2H3/b8-7+. The highest BCUT2D eigenvalue weighted by molar-refractivity contribution is 5.91. The number of carbonyl (C=O) groups is 1. The molecule has 1 heterocycles. The Morgan fingerprint density at radius 2 is 2.15 bits per heavy atom. The highest BCUT2D eigenvalue weighted by Gasteiger charge is 2.26. The van der Waals surface area contributed by atoms with E-state index in [4.69, 9.17) is 0 Å². The lowest BCUT2D eigenvalue weighted by molar-refractivity contribution is -0.126. The first-order chi connectivity index (χ1) is 9.46. The molecular formula is C17H23NO2. The summed E-state index contributed by atoms with van der Waals surface area (Å²) in [6.45, 7) is 5.25. The van der Waals surface area contributed by atoms with Crippen molar-refractivity contribution in [1.29, 1.82) is 0 Å². The maximum Gasteiger partial charge on any atom is 0.246 e. The van der Waals surface area contributed by atoms with E-state index < -0.39 is 5.60 Å². The summed E-state index contributed by atoms with van der Waals surface area (Å²) in [4.78, 5) is 14.0. The summed E-state index contributed by atoms with van der Waals surface area (Å²) in [6.07, 6.45) is 5.76. The van der Waals surface area contributed by atoms with Crippen molar-refractivity contribution in [3.8, 4) is 0 Å². The molecule has 1 aliphatic rings. The van der Waals surface area contributed by atoms with Gasteiger partial charge in [0.05, 0.1) is 5.60 Å². The van der Waals surface area contributed by atoms with Gasteiger partial charge in [0.1, 0.15) is 0 Å². The molecule has 0 radical (unpaired) electrons. The minimum Gasteiger partial charge on any atom is -0.390 e. The molecule has 0 bridgehead atoms. The molecule has 1 aromatic rings. The van der Waals surface area contributed by atoms with Gasteiger partial charge in [-0.3, -0.25) is 4.79 Å². The van der Waals surface area contributed by atoms with Gasteiger partial charge in [-0.25, -0.2) is 0 Å². The molecule has 1 aromatic carbocycles. The zero-order valence-corrected chi connectivity index (χ0v) is 12.3. The number of likely N-dealkylation sites (tertiary alicyclic amines) is 1. The number of nitrogens with zero attached hydrogens (tertiary/aromatic N) is 1. The number of hydrogen-bond donors (Lipinski definition) is 1. The second-order valence-electron chi connectivity index (χ2n) is 5.92. The molecule has 0 spiro atoms. The fraction of sp³-hybridized carbons (Fsp3) is 0.471. The van der Waals surface area contributed by atoms with Crippen LogP contribution in [0.5, 0.6) is 0 Å². The average molecular weight is 273 g/mol. The van der Waals surface area contributed by atoms with Crippen molar-refractivity contribution in [3.63, 3.8) is 0 Å². The monoisotopic (exact) mass is 273 g/mol. The molecule has 1 amide bonds. The normalized spacial score (nSPS) is 23.9. The van der Waals surface area contributed by atoms with Crippen molar-refractivity contribution in [2.45, 2.75) is 38.7 Å². The lowest BCUT2D eigenvalue weighted by atomic mass is 9.98. The summed E-state index contributed by atoms with van der Waals surface area (Å²) in [5, 5.41) is 10.0. The fourth-order valence-electron chi connectivity index (χ4n) is 2.53. The van der Waals surface area contributed by atoms with Gasteiger partial charge in [0.15, 0.2) is 0 Å². The Bertz CT molecular complexity index is 505. The van der Waals surface area contributed by atoms with E-state index in [0.717, 1.165) is 24.9 Å². The van der Waals surface area contributed by atoms with Crippen LogP contribution in [0.25, 0.3) is 6.08 Å². The van der Waals surface area contributed by atoms with Crippen LogP contribution in [0.1, 0.15) is 37.3 Å². The SMILES string of the molecule is Cc1cccc(/C=C/C(=O)N2CCCC(C)(O)CC2)c1. The van der Waals surface area contributed by atoms with Gasteiger partial charge in [-0.1, -0.05) is 29.8 Å². The van der Waals surface area contributed by atoms with Crippen molar-refractivity contribution in [2.75, 3.05) is 13.1 Å². The van der Waals surface area contributed by atoms with Gasteiger partial charge in [-0.15, -0.1) is 0 Å². The highest BCUT2D eigenvalue weighted by Crippen LogP contribution is 2.21. The summed E-state index contributed by atoms with van der Waals surface area (Å²) >= 11 is 0. The number of amides is 1. The van der Waals surface area contributed by atoms with Crippen LogP contribution in [0.3, 0.4) is 0 Å². The van der Waals surface area contributed by atoms with Gasteiger partial charge < -0.3 is 10.0 Å². The zero-order chi connectivity index (χ0) is 14.6. The van der Waals surface area contributed by atoms with Crippen LogP contribution in [0, 0.1) is 6.92 Å². The Balaban J connectivity index is 1.98. The Morgan fingerprint density at radius 1 is 1.35 bits per heavy atom. The van der Waals surface area contributed by atoms with Gasteiger partial charge in [-0.05, 0) is 44.7 Å². The van der Waals surface area contributed by atoms with Gasteiger partial charge in [-0.2, -0.15) is 0 Å². The number of carbonyl (C=O) groups excluding carboxylic acids is 1. The quantitative estimate of drug-likeness (QED) is 0.842. The van der Waals surface area contributed by atoms with Gasteiger partial charge >= 0.3 is 0 Å². The van der Waals surface area contributed by atoms with Crippen molar-refractivity contribution in [1.82, 2.24) is 4.90 Å². The van der Waals surface area contributed by atoms with E-state index in [0.29, 0.717) is 13.0 Å². The first-order valence-corrected chi connectivity index (χ1v) is 7.22. The predicted octanol–water partition coefficient (Wildman–Crippen LogP) is 2.77. The fourth-order valence-corrected chi connectivity index (χ4v) is 2.53. The molecule has 0 saturated carbocycles. The van der Waals surface area contributed by atoms with Crippen LogP contribution >= 0.6 is 0 Å². The van der Waals surface area contributed by atoms with Crippen LogP contribution < -0.4 is 0 Å². The molecule has 20 heavy (non-hydrogen) atoms. The summed E-state index contributed by atoms with van der Waals surface area (Å²) in [6, 6.07) is 8.07. The lowest BCUT2D eigenvalue weighted by Crippen LogP contribution is -2.32. The van der Waals surface area contributed by atoms with E-state index in [1.54, 1.807) is 6.08 Å². The maximum absolute atomic E-state index is 12.2. The minimum atomic E-state index is -0.630. The van der Waals surface area contributed by atoms with Crippen molar-refractivity contribution >= 4 is 12.0 Å².